The molecule has 4 aromatic rings. The number of halogens is 1. The average molecular weight is 508 g/mol. The molecule has 0 radical (unpaired) electrons. The first-order valence-corrected chi connectivity index (χ1v) is 12.4. The summed E-state index contributed by atoms with van der Waals surface area (Å²) in [5.74, 6) is -3.73. The van der Waals surface area contributed by atoms with E-state index in [1.54, 1.807) is 36.4 Å². The minimum absolute atomic E-state index is 0.108. The summed E-state index contributed by atoms with van der Waals surface area (Å²) in [6.07, 6.45) is 0.325. The highest BCUT2D eigenvalue weighted by Gasteiger charge is 2.70. The molecule has 4 atom stereocenters. The van der Waals surface area contributed by atoms with Crippen LogP contribution in [0, 0.1) is 17.7 Å². The highest BCUT2D eigenvalue weighted by Crippen LogP contribution is 2.54. The van der Waals surface area contributed by atoms with Crippen LogP contribution in [0.4, 0.5) is 15.8 Å². The molecule has 0 saturated carbocycles. The van der Waals surface area contributed by atoms with Crippen molar-refractivity contribution in [3.8, 4) is 5.75 Å². The Morgan fingerprint density at radius 1 is 0.868 bits per heavy atom. The summed E-state index contributed by atoms with van der Waals surface area (Å²) in [5.41, 5.74) is 0.398. The second kappa shape index (κ2) is 7.97. The smallest absolute Gasteiger partial charge is 0.250 e. The standard InChI is InChI=1S/C30H22FN3O4/c31-19-8-12-23-22(15-19)30(29(38)32-23)26-25(24(33-30)13-16-5-10-21(35)11-6-16)27(36)34(28(26)37)20-9-7-17-3-1-2-4-18(17)14-20/h1-12,14-15,24-26,33,35H,13H2,(H,32,38)/t24-,25-,26+,30+/m1/s1. The van der Waals surface area contributed by atoms with Gasteiger partial charge in [-0.1, -0.05) is 42.5 Å². The molecule has 2 fully saturated rings. The predicted molar refractivity (Wildman–Crippen MR) is 139 cm³/mol. The molecule has 3 aliphatic heterocycles. The molecule has 7 nitrogen and oxygen atoms in total. The molecular weight excluding hydrogens is 485 g/mol. The number of imide groups is 1. The van der Waals surface area contributed by atoms with Crippen molar-refractivity contribution in [3.63, 3.8) is 0 Å². The zero-order valence-electron chi connectivity index (χ0n) is 20.0. The molecular formula is C30H22FN3O4. The molecule has 1 spiro atoms. The molecule has 38 heavy (non-hydrogen) atoms. The first-order chi connectivity index (χ1) is 18.4. The summed E-state index contributed by atoms with van der Waals surface area (Å²) in [6.45, 7) is 0. The molecule has 0 unspecified atom stereocenters. The number of carbonyl (C=O) groups is 3. The molecule has 3 amide bonds. The van der Waals surface area contributed by atoms with Crippen molar-refractivity contribution in [2.24, 2.45) is 11.8 Å². The first kappa shape index (κ1) is 22.6. The average Bonchev–Trinajstić information content (AvgIpc) is 3.49. The van der Waals surface area contributed by atoms with E-state index >= 15 is 0 Å². The van der Waals surface area contributed by atoms with Gasteiger partial charge in [0.25, 0.3) is 0 Å². The molecule has 0 bridgehead atoms. The lowest BCUT2D eigenvalue weighted by molar-refractivity contribution is -0.130. The number of phenolic OH excluding ortho intramolecular Hbond substituents is 1. The van der Waals surface area contributed by atoms with Crippen LogP contribution < -0.4 is 15.5 Å². The van der Waals surface area contributed by atoms with Crippen molar-refractivity contribution in [1.29, 1.82) is 0 Å². The Kier molecular flexibility index (Phi) is 4.74. The van der Waals surface area contributed by atoms with Gasteiger partial charge in [-0.2, -0.15) is 0 Å². The van der Waals surface area contributed by atoms with Crippen LogP contribution in [0.15, 0.2) is 84.9 Å². The van der Waals surface area contributed by atoms with Gasteiger partial charge in [0.05, 0.1) is 17.5 Å². The largest absolute Gasteiger partial charge is 0.508 e. The Bertz CT molecular complexity index is 1670. The number of amides is 3. The maximum atomic E-state index is 14.5. The minimum Gasteiger partial charge on any atom is -0.508 e. The summed E-state index contributed by atoms with van der Waals surface area (Å²) >= 11 is 0. The van der Waals surface area contributed by atoms with Crippen LogP contribution in [-0.4, -0.2) is 28.9 Å². The molecule has 0 aliphatic carbocycles. The highest BCUT2D eigenvalue weighted by molar-refractivity contribution is 6.26. The van der Waals surface area contributed by atoms with E-state index in [1.807, 2.05) is 30.3 Å². The Morgan fingerprint density at radius 2 is 1.63 bits per heavy atom. The van der Waals surface area contributed by atoms with Crippen LogP contribution in [0.1, 0.15) is 11.1 Å². The van der Waals surface area contributed by atoms with Crippen LogP contribution >= 0.6 is 0 Å². The van der Waals surface area contributed by atoms with E-state index in [0.717, 1.165) is 16.3 Å². The third kappa shape index (κ3) is 3.07. The number of aromatic hydroxyl groups is 1. The number of nitrogens with zero attached hydrogens (tertiary/aromatic N) is 1. The normalized spacial score (nSPS) is 25.8. The zero-order chi connectivity index (χ0) is 26.2. The fraction of sp³-hybridized carbons (Fsp3) is 0.167. The lowest BCUT2D eigenvalue weighted by Crippen LogP contribution is -2.53. The maximum absolute atomic E-state index is 14.5. The summed E-state index contributed by atoms with van der Waals surface area (Å²) in [5, 5.41) is 17.7. The van der Waals surface area contributed by atoms with E-state index in [0.29, 0.717) is 23.4 Å². The summed E-state index contributed by atoms with van der Waals surface area (Å²) in [4.78, 5) is 43.0. The van der Waals surface area contributed by atoms with E-state index in [-0.39, 0.29) is 5.75 Å². The van der Waals surface area contributed by atoms with Gasteiger partial charge < -0.3 is 10.4 Å². The van der Waals surface area contributed by atoms with Gasteiger partial charge in [-0.3, -0.25) is 19.7 Å². The molecule has 4 aromatic carbocycles. The van der Waals surface area contributed by atoms with Crippen molar-refractivity contribution in [3.05, 3.63) is 102 Å². The van der Waals surface area contributed by atoms with Crippen LogP contribution in [-0.2, 0) is 26.3 Å². The van der Waals surface area contributed by atoms with Gasteiger partial charge in [-0.15, -0.1) is 0 Å². The summed E-state index contributed by atoms with van der Waals surface area (Å²) in [7, 11) is 0. The molecule has 3 N–H and O–H groups in total. The third-order valence-electron chi connectivity index (χ3n) is 8.06. The Morgan fingerprint density at radius 3 is 2.42 bits per heavy atom. The molecule has 188 valence electrons. The van der Waals surface area contributed by atoms with Gasteiger partial charge >= 0.3 is 0 Å². The van der Waals surface area contributed by atoms with E-state index in [9.17, 15) is 23.9 Å². The number of anilines is 2. The fourth-order valence-corrected chi connectivity index (χ4v) is 6.41. The number of carbonyl (C=O) groups excluding carboxylic acids is 3. The van der Waals surface area contributed by atoms with Gasteiger partial charge in [0.15, 0.2) is 0 Å². The van der Waals surface area contributed by atoms with E-state index in [2.05, 4.69) is 10.6 Å². The predicted octanol–water partition coefficient (Wildman–Crippen LogP) is 3.85. The zero-order valence-corrected chi connectivity index (χ0v) is 20.0. The van der Waals surface area contributed by atoms with Gasteiger partial charge in [0.1, 0.15) is 17.1 Å². The minimum atomic E-state index is -1.60. The number of fused-ring (bicyclic) bond motifs is 5. The van der Waals surface area contributed by atoms with E-state index in [4.69, 9.17) is 0 Å². The molecule has 0 aromatic heterocycles. The molecule has 8 heteroatoms. The SMILES string of the molecule is O=C1[C@H]2[C@@H](C(=O)N1c1ccc3ccccc3c1)[C@]1(N[C@@H]2Cc2ccc(O)cc2)C(=O)Nc2ccc(F)cc21. The van der Waals surface area contributed by atoms with Crippen LogP contribution in [0.2, 0.25) is 0 Å². The van der Waals surface area contributed by atoms with Crippen molar-refractivity contribution in [2.75, 3.05) is 10.2 Å². The first-order valence-electron chi connectivity index (χ1n) is 12.4. The summed E-state index contributed by atoms with van der Waals surface area (Å²) in [6, 6.07) is 23.0. The third-order valence-corrected chi connectivity index (χ3v) is 8.06. The quantitative estimate of drug-likeness (QED) is 0.366. The van der Waals surface area contributed by atoms with Gasteiger partial charge in [0.2, 0.25) is 17.7 Å². The number of rotatable bonds is 3. The highest BCUT2D eigenvalue weighted by atomic mass is 19.1. The van der Waals surface area contributed by atoms with Gasteiger partial charge in [-0.05, 0) is 65.2 Å². The fourth-order valence-electron chi connectivity index (χ4n) is 6.41. The van der Waals surface area contributed by atoms with Crippen LogP contribution in [0.25, 0.3) is 10.8 Å². The number of benzene rings is 4. The van der Waals surface area contributed by atoms with Crippen LogP contribution in [0.5, 0.6) is 5.75 Å². The van der Waals surface area contributed by atoms with Gasteiger partial charge in [0, 0.05) is 17.3 Å². The van der Waals surface area contributed by atoms with Gasteiger partial charge in [-0.25, -0.2) is 9.29 Å². The lowest BCUT2D eigenvalue weighted by Gasteiger charge is -2.29. The molecule has 3 aliphatic rings. The Hall–Kier alpha value is -4.56. The Balaban J connectivity index is 1.37. The molecule has 3 heterocycles. The molecule has 2 saturated heterocycles. The summed E-state index contributed by atoms with van der Waals surface area (Å²) < 4.78 is 14.5. The van der Waals surface area contributed by atoms with Crippen molar-refractivity contribution in [2.45, 2.75) is 18.0 Å². The number of hydrogen-bond donors (Lipinski definition) is 3. The Labute approximate surface area is 216 Å². The van der Waals surface area contributed by atoms with Crippen molar-refractivity contribution < 1.29 is 23.9 Å². The lowest BCUT2D eigenvalue weighted by atomic mass is 9.76. The monoisotopic (exact) mass is 507 g/mol. The van der Waals surface area contributed by atoms with E-state index < -0.39 is 47.0 Å². The number of hydrogen-bond acceptors (Lipinski definition) is 5. The second-order valence-electron chi connectivity index (χ2n) is 10.1. The number of phenols is 1. The second-order valence-corrected chi connectivity index (χ2v) is 10.1. The number of nitrogens with one attached hydrogen (secondary N) is 2. The maximum Gasteiger partial charge on any atom is 0.250 e. The van der Waals surface area contributed by atoms with Crippen molar-refractivity contribution >= 4 is 39.9 Å². The van der Waals surface area contributed by atoms with Crippen molar-refractivity contribution in [1.82, 2.24) is 5.32 Å². The van der Waals surface area contributed by atoms with Crippen LogP contribution in [0.3, 0.4) is 0 Å². The molecule has 7 rings (SSSR count). The van der Waals surface area contributed by atoms with E-state index in [1.165, 1.54) is 23.1 Å². The topological polar surface area (TPSA) is 98.7 Å².